The van der Waals surface area contributed by atoms with Gasteiger partial charge in [-0.05, 0) is 49.0 Å². The molecule has 1 aromatic carbocycles. The van der Waals surface area contributed by atoms with E-state index < -0.39 is 0 Å². The van der Waals surface area contributed by atoms with Crippen LogP contribution in [0.1, 0.15) is 67.2 Å². The van der Waals surface area contributed by atoms with Crippen molar-refractivity contribution in [2.45, 2.75) is 67.2 Å². The molecule has 0 N–H and O–H groups in total. The van der Waals surface area contributed by atoms with Crippen molar-refractivity contribution in [1.29, 1.82) is 0 Å². The van der Waals surface area contributed by atoms with Crippen LogP contribution in [0.2, 0.25) is 0 Å². The summed E-state index contributed by atoms with van der Waals surface area (Å²) in [5, 5.41) is 2.93. The fraction of sp³-hybridized carbons (Fsp3) is 0.600. The fourth-order valence-electron chi connectivity index (χ4n) is 2.78. The highest BCUT2D eigenvalue weighted by atomic mass is 14.1. The lowest BCUT2D eigenvalue weighted by Gasteiger charge is -2.11. The summed E-state index contributed by atoms with van der Waals surface area (Å²) in [5.74, 6) is 1.55. The maximum absolute atomic E-state index is 2.35. The SMILES string of the molecule is CCC(C)CC(C)=c1ccccc1=C(C)CC(C)CC. The second-order valence-corrected chi connectivity index (χ2v) is 6.54. The average Bonchev–Trinajstić information content (AvgIpc) is 2.46. The van der Waals surface area contributed by atoms with Crippen LogP contribution in [0.5, 0.6) is 0 Å². The van der Waals surface area contributed by atoms with Crippen molar-refractivity contribution in [1.82, 2.24) is 0 Å². The first-order valence-electron chi connectivity index (χ1n) is 8.24. The molecule has 0 radical (unpaired) electrons. The molecule has 20 heavy (non-hydrogen) atoms. The molecule has 0 fully saturated rings. The van der Waals surface area contributed by atoms with Gasteiger partial charge in [0, 0.05) is 0 Å². The van der Waals surface area contributed by atoms with E-state index in [4.69, 9.17) is 0 Å². The van der Waals surface area contributed by atoms with E-state index in [1.165, 1.54) is 36.1 Å². The zero-order chi connectivity index (χ0) is 15.1. The Morgan fingerprint density at radius 2 is 1.15 bits per heavy atom. The van der Waals surface area contributed by atoms with E-state index in [0.29, 0.717) is 0 Å². The Kier molecular flexibility index (Phi) is 7.05. The second kappa shape index (κ2) is 8.29. The van der Waals surface area contributed by atoms with E-state index >= 15 is 0 Å². The van der Waals surface area contributed by atoms with Gasteiger partial charge in [-0.25, -0.2) is 0 Å². The Balaban J connectivity index is 3.29. The Labute approximate surface area is 125 Å². The highest BCUT2D eigenvalue weighted by Crippen LogP contribution is 2.14. The van der Waals surface area contributed by atoms with Crippen LogP contribution in [0.4, 0.5) is 0 Å². The summed E-state index contributed by atoms with van der Waals surface area (Å²) in [6.07, 6.45) is 4.94. The molecule has 0 aliphatic carbocycles. The van der Waals surface area contributed by atoms with E-state index in [9.17, 15) is 0 Å². The molecule has 0 aromatic heterocycles. The molecule has 2 unspecified atom stereocenters. The summed E-state index contributed by atoms with van der Waals surface area (Å²) in [6, 6.07) is 8.95. The van der Waals surface area contributed by atoms with Crippen molar-refractivity contribution >= 4 is 11.1 Å². The van der Waals surface area contributed by atoms with Gasteiger partial charge in [0.15, 0.2) is 0 Å². The van der Waals surface area contributed by atoms with Crippen molar-refractivity contribution in [3.63, 3.8) is 0 Å². The van der Waals surface area contributed by atoms with E-state index in [1.807, 2.05) is 0 Å². The first-order valence-corrected chi connectivity index (χ1v) is 8.24. The Hall–Kier alpha value is -1.04. The minimum absolute atomic E-state index is 0.776. The highest BCUT2D eigenvalue weighted by molar-refractivity contribution is 5.49. The summed E-state index contributed by atoms with van der Waals surface area (Å²) >= 11 is 0. The molecule has 1 aromatic rings. The lowest BCUT2D eigenvalue weighted by atomic mass is 9.94. The standard InChI is InChI=1S/C20H32/c1-7-15(3)13-17(5)19-11-9-10-12-20(19)18(6)14-16(4)8-2/h9-12,15-16H,7-8,13-14H2,1-6H3. The third kappa shape index (κ3) is 4.81. The van der Waals surface area contributed by atoms with E-state index in [0.717, 1.165) is 11.8 Å². The molecular weight excluding hydrogens is 240 g/mol. The van der Waals surface area contributed by atoms with Gasteiger partial charge in [0.2, 0.25) is 0 Å². The second-order valence-electron chi connectivity index (χ2n) is 6.54. The number of rotatable bonds is 6. The van der Waals surface area contributed by atoms with E-state index in [1.54, 1.807) is 11.1 Å². The Bertz CT molecular complexity index is 472. The lowest BCUT2D eigenvalue weighted by Crippen LogP contribution is -2.28. The number of benzene rings is 1. The van der Waals surface area contributed by atoms with Crippen molar-refractivity contribution in [3.8, 4) is 0 Å². The average molecular weight is 272 g/mol. The molecule has 0 saturated heterocycles. The van der Waals surface area contributed by atoms with Crippen molar-refractivity contribution in [3.05, 3.63) is 34.7 Å². The predicted octanol–water partition coefficient (Wildman–Crippen LogP) is 4.90. The normalized spacial score (nSPS) is 17.5. The van der Waals surface area contributed by atoms with Gasteiger partial charge in [0.25, 0.3) is 0 Å². The van der Waals surface area contributed by atoms with Gasteiger partial charge in [-0.3, -0.25) is 0 Å². The van der Waals surface area contributed by atoms with Crippen molar-refractivity contribution in [2.24, 2.45) is 11.8 Å². The summed E-state index contributed by atoms with van der Waals surface area (Å²) < 4.78 is 0. The lowest BCUT2D eigenvalue weighted by molar-refractivity contribution is 0.575. The third-order valence-corrected chi connectivity index (χ3v) is 4.55. The van der Waals surface area contributed by atoms with Crippen LogP contribution >= 0.6 is 0 Å². The first kappa shape index (κ1) is 17.0. The monoisotopic (exact) mass is 272 g/mol. The van der Waals surface area contributed by atoms with Crippen LogP contribution in [-0.4, -0.2) is 0 Å². The first-order chi connectivity index (χ1) is 9.49. The molecule has 0 amide bonds. The quantitative estimate of drug-likeness (QED) is 0.691. The Morgan fingerprint density at radius 1 is 0.800 bits per heavy atom. The Morgan fingerprint density at radius 3 is 1.45 bits per heavy atom. The zero-order valence-electron chi connectivity index (χ0n) is 14.3. The maximum Gasteiger partial charge on any atom is -0.0195 e. The molecule has 0 heteroatoms. The van der Waals surface area contributed by atoms with Gasteiger partial charge < -0.3 is 0 Å². The fourth-order valence-corrected chi connectivity index (χ4v) is 2.78. The minimum Gasteiger partial charge on any atom is -0.0652 e. The molecule has 112 valence electrons. The highest BCUT2D eigenvalue weighted by Gasteiger charge is 2.04. The summed E-state index contributed by atoms with van der Waals surface area (Å²) in [5.41, 5.74) is 3.08. The van der Waals surface area contributed by atoms with Crippen LogP contribution in [0.3, 0.4) is 0 Å². The largest absolute Gasteiger partial charge is 0.0652 e. The van der Waals surface area contributed by atoms with Gasteiger partial charge in [-0.2, -0.15) is 0 Å². The number of hydrogen-bond acceptors (Lipinski definition) is 0. The zero-order valence-corrected chi connectivity index (χ0v) is 14.3. The van der Waals surface area contributed by atoms with E-state index in [-0.39, 0.29) is 0 Å². The molecule has 0 heterocycles. The topological polar surface area (TPSA) is 0 Å². The summed E-state index contributed by atoms with van der Waals surface area (Å²) in [6.45, 7) is 13.9. The smallest absolute Gasteiger partial charge is 0.0195 e. The summed E-state index contributed by atoms with van der Waals surface area (Å²) in [7, 11) is 0. The van der Waals surface area contributed by atoms with Gasteiger partial charge in [0.05, 0.1) is 0 Å². The molecule has 0 spiro atoms. The molecule has 0 bridgehead atoms. The third-order valence-electron chi connectivity index (χ3n) is 4.55. The van der Waals surface area contributed by atoms with Crippen LogP contribution in [0.15, 0.2) is 24.3 Å². The van der Waals surface area contributed by atoms with E-state index in [2.05, 4.69) is 65.8 Å². The predicted molar refractivity (Wildman–Crippen MR) is 92.0 cm³/mol. The van der Waals surface area contributed by atoms with Crippen molar-refractivity contribution in [2.75, 3.05) is 0 Å². The molecule has 0 saturated carbocycles. The van der Waals surface area contributed by atoms with Crippen LogP contribution in [0.25, 0.3) is 11.1 Å². The molecule has 2 atom stereocenters. The van der Waals surface area contributed by atoms with Gasteiger partial charge in [0.1, 0.15) is 0 Å². The van der Waals surface area contributed by atoms with Gasteiger partial charge in [-0.15, -0.1) is 0 Å². The molecular formula is C20H32. The minimum atomic E-state index is 0.776. The maximum atomic E-state index is 2.35. The van der Waals surface area contributed by atoms with Crippen LogP contribution in [0, 0.1) is 11.8 Å². The van der Waals surface area contributed by atoms with Crippen molar-refractivity contribution < 1.29 is 0 Å². The summed E-state index contributed by atoms with van der Waals surface area (Å²) in [4.78, 5) is 0. The van der Waals surface area contributed by atoms with Gasteiger partial charge in [-0.1, -0.05) is 75.9 Å². The van der Waals surface area contributed by atoms with Gasteiger partial charge >= 0.3 is 0 Å². The molecule has 0 aliphatic heterocycles. The molecule has 0 aliphatic rings. The molecule has 0 nitrogen and oxygen atoms in total. The van der Waals surface area contributed by atoms with Crippen LogP contribution in [-0.2, 0) is 0 Å². The molecule has 1 rings (SSSR count). The van der Waals surface area contributed by atoms with Crippen LogP contribution < -0.4 is 10.4 Å². The number of hydrogen-bond donors (Lipinski definition) is 0.